The van der Waals surface area contributed by atoms with Crippen LogP contribution >= 0.6 is 15.9 Å². The molecule has 0 atom stereocenters. The molecule has 0 saturated heterocycles. The maximum Gasteiger partial charge on any atom is 0.196 e. The summed E-state index contributed by atoms with van der Waals surface area (Å²) in [5, 5.41) is 0. The first kappa shape index (κ1) is 13.9. The molecule has 1 heterocycles. The number of ketones is 1. The second-order valence-corrected chi connectivity index (χ2v) is 5.70. The Morgan fingerprint density at radius 2 is 1.86 bits per heavy atom. The molecule has 0 aromatic heterocycles. The minimum atomic E-state index is -0.130. The third-order valence-electron chi connectivity index (χ3n) is 3.41. The SMILES string of the molecule is Cc1cccc(N)c1C(=O)c1cc2c(cc1Br)OCCO2. The summed E-state index contributed by atoms with van der Waals surface area (Å²) in [7, 11) is 0. The lowest BCUT2D eigenvalue weighted by molar-refractivity contribution is 0.103. The van der Waals surface area contributed by atoms with Gasteiger partial charge in [0.15, 0.2) is 17.3 Å². The molecule has 0 unspecified atom stereocenters. The molecule has 1 aliphatic heterocycles. The molecule has 5 heteroatoms. The fourth-order valence-corrected chi connectivity index (χ4v) is 2.88. The summed E-state index contributed by atoms with van der Waals surface area (Å²) in [4.78, 5) is 12.8. The molecule has 0 saturated carbocycles. The zero-order chi connectivity index (χ0) is 15.0. The van der Waals surface area contributed by atoms with Crippen molar-refractivity contribution in [3.8, 4) is 11.5 Å². The Labute approximate surface area is 131 Å². The molecule has 0 spiro atoms. The van der Waals surface area contributed by atoms with Gasteiger partial charge in [0.25, 0.3) is 0 Å². The fourth-order valence-electron chi connectivity index (χ4n) is 2.37. The highest BCUT2D eigenvalue weighted by atomic mass is 79.9. The van der Waals surface area contributed by atoms with Crippen LogP contribution in [0.3, 0.4) is 0 Å². The number of hydrogen-bond donors (Lipinski definition) is 1. The molecule has 0 bridgehead atoms. The molecular formula is C16H14BrNO3. The number of carbonyl (C=O) groups is 1. The summed E-state index contributed by atoms with van der Waals surface area (Å²) >= 11 is 3.43. The standard InChI is InChI=1S/C16H14BrNO3/c1-9-3-2-4-12(18)15(9)16(19)10-7-13-14(8-11(10)17)21-6-5-20-13/h2-4,7-8H,5-6,18H2,1H3. The monoisotopic (exact) mass is 347 g/mol. The number of nitrogens with two attached hydrogens (primary N) is 1. The number of benzene rings is 2. The van der Waals surface area contributed by atoms with E-state index in [0.717, 1.165) is 5.56 Å². The number of fused-ring (bicyclic) bond motifs is 1. The van der Waals surface area contributed by atoms with Gasteiger partial charge >= 0.3 is 0 Å². The van der Waals surface area contributed by atoms with Crippen molar-refractivity contribution < 1.29 is 14.3 Å². The van der Waals surface area contributed by atoms with Crippen molar-refractivity contribution >= 4 is 27.4 Å². The number of rotatable bonds is 2. The molecule has 21 heavy (non-hydrogen) atoms. The quantitative estimate of drug-likeness (QED) is 0.668. The maximum atomic E-state index is 12.8. The van der Waals surface area contributed by atoms with Crippen LogP contribution in [-0.2, 0) is 0 Å². The lowest BCUT2D eigenvalue weighted by atomic mass is 9.97. The van der Waals surface area contributed by atoms with Crippen molar-refractivity contribution in [3.05, 3.63) is 51.5 Å². The molecule has 0 fully saturated rings. The molecular weight excluding hydrogens is 334 g/mol. The Morgan fingerprint density at radius 3 is 2.52 bits per heavy atom. The summed E-state index contributed by atoms with van der Waals surface area (Å²) < 4.78 is 11.7. The van der Waals surface area contributed by atoms with Crippen LogP contribution in [0.15, 0.2) is 34.8 Å². The van der Waals surface area contributed by atoms with Crippen molar-refractivity contribution in [1.29, 1.82) is 0 Å². The minimum absolute atomic E-state index is 0.130. The van der Waals surface area contributed by atoms with Gasteiger partial charge in [0.05, 0.1) is 0 Å². The third-order valence-corrected chi connectivity index (χ3v) is 4.06. The highest BCUT2D eigenvalue weighted by Crippen LogP contribution is 2.37. The van der Waals surface area contributed by atoms with Crippen LogP contribution in [0.25, 0.3) is 0 Å². The van der Waals surface area contributed by atoms with Crippen LogP contribution in [0.4, 0.5) is 5.69 Å². The van der Waals surface area contributed by atoms with Gasteiger partial charge in [-0.3, -0.25) is 4.79 Å². The molecule has 2 aromatic rings. The first-order chi connectivity index (χ1) is 10.1. The van der Waals surface area contributed by atoms with Gasteiger partial charge in [-0.2, -0.15) is 0 Å². The number of ether oxygens (including phenoxy) is 2. The number of nitrogen functional groups attached to an aromatic ring is 1. The van der Waals surface area contributed by atoms with Crippen LogP contribution in [-0.4, -0.2) is 19.0 Å². The van der Waals surface area contributed by atoms with Gasteiger partial charge in [0.2, 0.25) is 0 Å². The van der Waals surface area contributed by atoms with Crippen molar-refractivity contribution in [2.45, 2.75) is 6.92 Å². The van der Waals surface area contributed by atoms with Gasteiger partial charge in [-0.05, 0) is 46.6 Å². The third kappa shape index (κ3) is 2.49. The smallest absolute Gasteiger partial charge is 0.196 e. The van der Waals surface area contributed by atoms with E-state index in [4.69, 9.17) is 15.2 Å². The van der Waals surface area contributed by atoms with E-state index in [9.17, 15) is 4.79 Å². The number of carbonyl (C=O) groups excluding carboxylic acids is 1. The summed E-state index contributed by atoms with van der Waals surface area (Å²) in [6.45, 7) is 2.86. The normalized spacial score (nSPS) is 13.0. The second-order valence-electron chi connectivity index (χ2n) is 4.84. The van der Waals surface area contributed by atoms with Crippen LogP contribution in [0.5, 0.6) is 11.5 Å². The Balaban J connectivity index is 2.10. The number of hydrogen-bond acceptors (Lipinski definition) is 4. The van der Waals surface area contributed by atoms with Crippen molar-refractivity contribution in [1.82, 2.24) is 0 Å². The van der Waals surface area contributed by atoms with Crippen LogP contribution in [0, 0.1) is 6.92 Å². The van der Waals surface area contributed by atoms with E-state index < -0.39 is 0 Å². The Morgan fingerprint density at radius 1 is 1.19 bits per heavy atom. The van der Waals surface area contributed by atoms with Gasteiger partial charge in [0.1, 0.15) is 13.2 Å². The van der Waals surface area contributed by atoms with E-state index in [1.807, 2.05) is 19.1 Å². The molecule has 3 rings (SSSR count). The Bertz CT molecular complexity index is 707. The van der Waals surface area contributed by atoms with Crippen LogP contribution < -0.4 is 15.2 Å². The number of aryl methyl sites for hydroxylation is 1. The Hall–Kier alpha value is -2.01. The maximum absolute atomic E-state index is 12.8. The van der Waals surface area contributed by atoms with Gasteiger partial charge in [-0.15, -0.1) is 0 Å². The number of anilines is 1. The van der Waals surface area contributed by atoms with E-state index in [0.29, 0.717) is 46.0 Å². The molecule has 2 N–H and O–H groups in total. The molecule has 0 amide bonds. The summed E-state index contributed by atoms with van der Waals surface area (Å²) in [6.07, 6.45) is 0. The summed E-state index contributed by atoms with van der Waals surface area (Å²) in [6, 6.07) is 8.89. The van der Waals surface area contributed by atoms with E-state index in [-0.39, 0.29) is 5.78 Å². The predicted molar refractivity (Wildman–Crippen MR) is 84.2 cm³/mol. The summed E-state index contributed by atoms with van der Waals surface area (Å²) in [5.41, 5.74) is 8.32. The lowest BCUT2D eigenvalue weighted by Crippen LogP contribution is -2.16. The molecule has 2 aromatic carbocycles. The van der Waals surface area contributed by atoms with E-state index in [1.165, 1.54) is 0 Å². The average Bonchev–Trinajstić information content (AvgIpc) is 2.46. The molecule has 108 valence electrons. The first-order valence-electron chi connectivity index (χ1n) is 6.57. The highest BCUT2D eigenvalue weighted by molar-refractivity contribution is 9.10. The zero-order valence-electron chi connectivity index (χ0n) is 11.5. The van der Waals surface area contributed by atoms with Gasteiger partial charge in [-0.1, -0.05) is 12.1 Å². The molecule has 0 radical (unpaired) electrons. The average molecular weight is 348 g/mol. The highest BCUT2D eigenvalue weighted by Gasteiger charge is 2.22. The van der Waals surface area contributed by atoms with Crippen molar-refractivity contribution in [2.75, 3.05) is 18.9 Å². The Kier molecular flexibility index (Phi) is 3.59. The van der Waals surface area contributed by atoms with Crippen molar-refractivity contribution in [2.24, 2.45) is 0 Å². The minimum Gasteiger partial charge on any atom is -0.486 e. The first-order valence-corrected chi connectivity index (χ1v) is 7.36. The number of halogens is 1. The van der Waals surface area contributed by atoms with Gasteiger partial charge in [0, 0.05) is 21.3 Å². The second kappa shape index (κ2) is 5.41. The predicted octanol–water partition coefficient (Wildman–Crippen LogP) is 3.34. The van der Waals surface area contributed by atoms with Crippen molar-refractivity contribution in [3.63, 3.8) is 0 Å². The molecule has 4 nitrogen and oxygen atoms in total. The van der Waals surface area contributed by atoms with E-state index in [2.05, 4.69) is 15.9 Å². The molecule has 0 aliphatic carbocycles. The molecule has 1 aliphatic rings. The van der Waals surface area contributed by atoms with Crippen LogP contribution in [0.1, 0.15) is 21.5 Å². The fraction of sp³-hybridized carbons (Fsp3) is 0.188. The largest absolute Gasteiger partial charge is 0.486 e. The zero-order valence-corrected chi connectivity index (χ0v) is 13.1. The van der Waals surface area contributed by atoms with Gasteiger partial charge < -0.3 is 15.2 Å². The van der Waals surface area contributed by atoms with E-state index in [1.54, 1.807) is 18.2 Å². The van der Waals surface area contributed by atoms with Crippen LogP contribution in [0.2, 0.25) is 0 Å². The topological polar surface area (TPSA) is 61.6 Å². The summed E-state index contributed by atoms with van der Waals surface area (Å²) in [5.74, 6) is 1.09. The van der Waals surface area contributed by atoms with E-state index >= 15 is 0 Å². The lowest BCUT2D eigenvalue weighted by Gasteiger charge is -2.20. The van der Waals surface area contributed by atoms with Gasteiger partial charge in [-0.25, -0.2) is 0 Å².